The van der Waals surface area contributed by atoms with Gasteiger partial charge in [-0.1, -0.05) is 18.2 Å². The van der Waals surface area contributed by atoms with Crippen molar-refractivity contribution >= 4 is 5.69 Å². The zero-order chi connectivity index (χ0) is 10.9. The lowest BCUT2D eigenvalue weighted by molar-refractivity contribution is 0.502. The lowest BCUT2D eigenvalue weighted by Crippen LogP contribution is -2.43. The SMILES string of the molecule is CC(C)(C)N1CCNCc2ccccc21. The molecule has 1 aliphatic heterocycles. The smallest absolute Gasteiger partial charge is 0.0416 e. The van der Waals surface area contributed by atoms with Gasteiger partial charge >= 0.3 is 0 Å². The molecule has 82 valence electrons. The highest BCUT2D eigenvalue weighted by molar-refractivity contribution is 5.56. The second-order valence-electron chi connectivity index (χ2n) is 5.13. The van der Waals surface area contributed by atoms with Crippen LogP contribution in [-0.4, -0.2) is 18.6 Å². The van der Waals surface area contributed by atoms with Gasteiger partial charge in [0.05, 0.1) is 0 Å². The molecule has 2 nitrogen and oxygen atoms in total. The van der Waals surface area contributed by atoms with Gasteiger partial charge in [-0.15, -0.1) is 0 Å². The summed E-state index contributed by atoms with van der Waals surface area (Å²) in [7, 11) is 0. The fourth-order valence-electron chi connectivity index (χ4n) is 2.15. The highest BCUT2D eigenvalue weighted by Gasteiger charge is 2.24. The van der Waals surface area contributed by atoms with Crippen LogP contribution in [0.2, 0.25) is 0 Å². The van der Waals surface area contributed by atoms with Crippen LogP contribution in [0.5, 0.6) is 0 Å². The van der Waals surface area contributed by atoms with Gasteiger partial charge in [0.1, 0.15) is 0 Å². The topological polar surface area (TPSA) is 15.3 Å². The molecule has 0 amide bonds. The van der Waals surface area contributed by atoms with Crippen LogP contribution >= 0.6 is 0 Å². The average molecular weight is 204 g/mol. The average Bonchev–Trinajstić information content (AvgIpc) is 2.38. The van der Waals surface area contributed by atoms with Gasteiger partial charge in [0.2, 0.25) is 0 Å². The minimum Gasteiger partial charge on any atom is -0.365 e. The van der Waals surface area contributed by atoms with Crippen LogP contribution in [0, 0.1) is 0 Å². The number of nitrogens with one attached hydrogen (secondary N) is 1. The van der Waals surface area contributed by atoms with E-state index in [1.807, 2.05) is 0 Å². The summed E-state index contributed by atoms with van der Waals surface area (Å²) in [5.41, 5.74) is 2.99. The molecule has 0 aliphatic carbocycles. The first-order valence-corrected chi connectivity index (χ1v) is 5.65. The number of rotatable bonds is 0. The predicted octanol–water partition coefficient (Wildman–Crippen LogP) is 2.39. The molecule has 1 N–H and O–H groups in total. The summed E-state index contributed by atoms with van der Waals surface area (Å²) in [6.07, 6.45) is 0. The van der Waals surface area contributed by atoms with E-state index in [-0.39, 0.29) is 5.54 Å². The summed E-state index contributed by atoms with van der Waals surface area (Å²) < 4.78 is 0. The lowest BCUT2D eigenvalue weighted by atomic mass is 10.0. The van der Waals surface area contributed by atoms with Gasteiger partial charge in [-0.2, -0.15) is 0 Å². The molecule has 0 atom stereocenters. The Bertz CT molecular complexity index is 339. The quantitative estimate of drug-likeness (QED) is 0.698. The van der Waals surface area contributed by atoms with Crippen LogP contribution < -0.4 is 10.2 Å². The summed E-state index contributed by atoms with van der Waals surface area (Å²) in [4.78, 5) is 2.49. The van der Waals surface area contributed by atoms with Gasteiger partial charge in [-0.25, -0.2) is 0 Å². The summed E-state index contributed by atoms with van der Waals surface area (Å²) in [6.45, 7) is 9.95. The molecule has 0 aromatic heterocycles. The van der Waals surface area contributed by atoms with Gasteiger partial charge in [-0.05, 0) is 32.4 Å². The van der Waals surface area contributed by atoms with E-state index >= 15 is 0 Å². The van der Waals surface area contributed by atoms with Crippen molar-refractivity contribution < 1.29 is 0 Å². The number of hydrogen-bond acceptors (Lipinski definition) is 2. The van der Waals surface area contributed by atoms with E-state index < -0.39 is 0 Å². The Morgan fingerprint density at radius 3 is 2.67 bits per heavy atom. The molecule has 1 aromatic rings. The van der Waals surface area contributed by atoms with E-state index in [4.69, 9.17) is 0 Å². The maximum atomic E-state index is 3.46. The molecule has 0 bridgehead atoms. The Balaban J connectivity index is 2.41. The molecule has 2 heteroatoms. The predicted molar refractivity (Wildman–Crippen MR) is 65.2 cm³/mol. The Morgan fingerprint density at radius 2 is 1.93 bits per heavy atom. The van der Waals surface area contributed by atoms with Crippen LogP contribution in [0.25, 0.3) is 0 Å². The van der Waals surface area contributed by atoms with E-state index in [0.717, 1.165) is 19.6 Å². The largest absolute Gasteiger partial charge is 0.365 e. The van der Waals surface area contributed by atoms with Crippen molar-refractivity contribution in [3.8, 4) is 0 Å². The number of anilines is 1. The van der Waals surface area contributed by atoms with Crippen molar-refractivity contribution in [3.63, 3.8) is 0 Å². The Morgan fingerprint density at radius 1 is 1.20 bits per heavy atom. The van der Waals surface area contributed by atoms with Crippen molar-refractivity contribution in [2.45, 2.75) is 32.9 Å². The third kappa shape index (κ3) is 2.15. The molecule has 1 aliphatic rings. The first kappa shape index (κ1) is 10.5. The molecule has 0 radical (unpaired) electrons. The van der Waals surface area contributed by atoms with Crippen molar-refractivity contribution in [1.82, 2.24) is 5.32 Å². The summed E-state index contributed by atoms with van der Waals surface area (Å²) in [6, 6.07) is 8.69. The van der Waals surface area contributed by atoms with Crippen molar-refractivity contribution in [3.05, 3.63) is 29.8 Å². The van der Waals surface area contributed by atoms with Gasteiger partial charge in [0, 0.05) is 30.9 Å². The second kappa shape index (κ2) is 3.86. The molecule has 15 heavy (non-hydrogen) atoms. The van der Waals surface area contributed by atoms with E-state index in [2.05, 4.69) is 55.3 Å². The van der Waals surface area contributed by atoms with Gasteiger partial charge in [0.25, 0.3) is 0 Å². The molecule has 1 heterocycles. The van der Waals surface area contributed by atoms with E-state index in [1.54, 1.807) is 0 Å². The summed E-state index contributed by atoms with van der Waals surface area (Å²) in [5.74, 6) is 0. The second-order valence-corrected chi connectivity index (χ2v) is 5.13. The molecule has 0 fully saturated rings. The van der Waals surface area contributed by atoms with Crippen LogP contribution in [0.4, 0.5) is 5.69 Å². The maximum Gasteiger partial charge on any atom is 0.0416 e. The zero-order valence-corrected chi connectivity index (χ0v) is 9.88. The van der Waals surface area contributed by atoms with Crippen molar-refractivity contribution in [2.24, 2.45) is 0 Å². The third-order valence-electron chi connectivity index (χ3n) is 2.92. The first-order chi connectivity index (χ1) is 7.09. The lowest BCUT2D eigenvalue weighted by Gasteiger charge is -2.37. The first-order valence-electron chi connectivity index (χ1n) is 5.65. The highest BCUT2D eigenvalue weighted by Crippen LogP contribution is 2.28. The third-order valence-corrected chi connectivity index (χ3v) is 2.92. The number of hydrogen-bond donors (Lipinski definition) is 1. The van der Waals surface area contributed by atoms with Crippen LogP contribution in [-0.2, 0) is 6.54 Å². The standard InChI is InChI=1S/C13H20N2/c1-13(2,3)15-9-8-14-10-11-6-4-5-7-12(11)15/h4-7,14H,8-10H2,1-3H3. The molecule has 0 saturated carbocycles. The molecule has 2 rings (SSSR count). The summed E-state index contributed by atoms with van der Waals surface area (Å²) in [5, 5.41) is 3.46. The van der Waals surface area contributed by atoms with E-state index in [0.29, 0.717) is 0 Å². The fraction of sp³-hybridized carbons (Fsp3) is 0.538. The monoisotopic (exact) mass is 204 g/mol. The highest BCUT2D eigenvalue weighted by atomic mass is 15.2. The maximum absolute atomic E-state index is 3.46. The minimum absolute atomic E-state index is 0.197. The molecular formula is C13H20N2. The number of fused-ring (bicyclic) bond motifs is 1. The van der Waals surface area contributed by atoms with Crippen molar-refractivity contribution in [1.29, 1.82) is 0 Å². The van der Waals surface area contributed by atoms with E-state index in [9.17, 15) is 0 Å². The Labute approximate surface area is 92.3 Å². The van der Waals surface area contributed by atoms with E-state index in [1.165, 1.54) is 11.3 Å². The van der Waals surface area contributed by atoms with Gasteiger partial charge in [0.15, 0.2) is 0 Å². The zero-order valence-electron chi connectivity index (χ0n) is 9.88. The van der Waals surface area contributed by atoms with Crippen LogP contribution in [0.1, 0.15) is 26.3 Å². The van der Waals surface area contributed by atoms with Gasteiger partial charge in [-0.3, -0.25) is 0 Å². The van der Waals surface area contributed by atoms with Gasteiger partial charge < -0.3 is 10.2 Å². The number of nitrogens with zero attached hydrogens (tertiary/aromatic N) is 1. The normalized spacial score (nSPS) is 17.1. The van der Waals surface area contributed by atoms with Crippen molar-refractivity contribution in [2.75, 3.05) is 18.0 Å². The fourth-order valence-corrected chi connectivity index (χ4v) is 2.15. The van der Waals surface area contributed by atoms with Crippen LogP contribution in [0.15, 0.2) is 24.3 Å². The van der Waals surface area contributed by atoms with Crippen LogP contribution in [0.3, 0.4) is 0 Å². The summed E-state index contributed by atoms with van der Waals surface area (Å²) >= 11 is 0. The molecule has 0 unspecified atom stereocenters. The minimum atomic E-state index is 0.197. The molecule has 1 aromatic carbocycles. The number of benzene rings is 1. The molecule has 0 spiro atoms. The molecule has 0 saturated heterocycles. The number of para-hydroxylation sites is 1. The Kier molecular flexibility index (Phi) is 2.70. The Hall–Kier alpha value is -1.02. The molecular weight excluding hydrogens is 184 g/mol.